The first-order valence-corrected chi connectivity index (χ1v) is 6.22. The normalized spacial score (nSPS) is 10.2. The predicted molar refractivity (Wildman–Crippen MR) is 75.5 cm³/mol. The minimum atomic E-state index is -0.637. The lowest BCUT2D eigenvalue weighted by atomic mass is 10.3. The van der Waals surface area contributed by atoms with Crippen LogP contribution in [0.1, 0.15) is 17.4 Å². The van der Waals surface area contributed by atoms with Gasteiger partial charge >= 0.3 is 5.69 Å². The maximum absolute atomic E-state index is 12.1. The second-order valence-electron chi connectivity index (χ2n) is 4.16. The van der Waals surface area contributed by atoms with Gasteiger partial charge in [-0.05, 0) is 19.1 Å². The molecule has 0 atom stereocenters. The molecule has 8 nitrogen and oxygen atoms in total. The van der Waals surface area contributed by atoms with Crippen LogP contribution in [0.2, 0.25) is 0 Å². The Kier molecular flexibility index (Phi) is 4.17. The molecule has 21 heavy (non-hydrogen) atoms. The molecule has 0 unspecified atom stereocenters. The van der Waals surface area contributed by atoms with E-state index in [9.17, 15) is 14.9 Å². The molecule has 0 radical (unpaired) electrons. The Morgan fingerprint density at radius 3 is 2.90 bits per heavy atom. The van der Waals surface area contributed by atoms with Crippen molar-refractivity contribution in [2.75, 3.05) is 12.4 Å². The van der Waals surface area contributed by atoms with Crippen molar-refractivity contribution in [3.63, 3.8) is 0 Å². The topological polar surface area (TPSA) is 99.3 Å². The number of nitro groups is 1. The molecule has 0 spiro atoms. The molecular weight excluding hydrogens is 276 g/mol. The van der Waals surface area contributed by atoms with E-state index in [0.717, 1.165) is 0 Å². The van der Waals surface area contributed by atoms with E-state index in [1.165, 1.54) is 18.0 Å². The number of carbonyl (C=O) groups is 1. The van der Waals surface area contributed by atoms with Crippen molar-refractivity contribution in [3.05, 3.63) is 46.3 Å². The molecular formula is C13H14N4O4. The van der Waals surface area contributed by atoms with Crippen LogP contribution in [-0.2, 0) is 6.54 Å². The molecule has 0 fully saturated rings. The van der Waals surface area contributed by atoms with Crippen LogP contribution in [0.25, 0.3) is 0 Å². The maximum atomic E-state index is 12.1. The van der Waals surface area contributed by atoms with Crippen LogP contribution in [-0.4, -0.2) is 27.7 Å². The molecule has 110 valence electrons. The first-order chi connectivity index (χ1) is 10.0. The summed E-state index contributed by atoms with van der Waals surface area (Å²) in [6, 6.07) is 6.70. The van der Waals surface area contributed by atoms with Crippen LogP contribution in [0.15, 0.2) is 30.5 Å². The quantitative estimate of drug-likeness (QED) is 0.671. The molecule has 1 heterocycles. The van der Waals surface area contributed by atoms with E-state index in [1.807, 2.05) is 0 Å². The highest BCUT2D eigenvalue weighted by atomic mass is 16.6. The Morgan fingerprint density at radius 1 is 1.52 bits per heavy atom. The van der Waals surface area contributed by atoms with Crippen molar-refractivity contribution in [3.8, 4) is 5.75 Å². The summed E-state index contributed by atoms with van der Waals surface area (Å²) in [5.74, 6) is -0.0662. The van der Waals surface area contributed by atoms with Gasteiger partial charge in [0.15, 0.2) is 0 Å². The monoisotopic (exact) mass is 290 g/mol. The maximum Gasteiger partial charge on any atom is 0.320 e. The third-order valence-corrected chi connectivity index (χ3v) is 2.81. The number of nitrogens with zero attached hydrogens (tertiary/aromatic N) is 3. The Balaban J connectivity index is 2.27. The van der Waals surface area contributed by atoms with E-state index in [2.05, 4.69) is 10.4 Å². The number of aryl methyl sites for hydroxylation is 1. The van der Waals surface area contributed by atoms with Crippen molar-refractivity contribution < 1.29 is 14.5 Å². The van der Waals surface area contributed by atoms with Gasteiger partial charge in [0.1, 0.15) is 11.9 Å². The van der Waals surface area contributed by atoms with Gasteiger partial charge in [-0.15, -0.1) is 0 Å². The zero-order valence-corrected chi connectivity index (χ0v) is 11.6. The van der Waals surface area contributed by atoms with Gasteiger partial charge in [-0.3, -0.25) is 19.6 Å². The SMILES string of the molecule is CCn1cc([N+](=O)[O-])c(C(=O)Nc2cccc(OC)c2)n1. The second-order valence-corrected chi connectivity index (χ2v) is 4.16. The van der Waals surface area contributed by atoms with E-state index in [4.69, 9.17) is 4.74 Å². The fourth-order valence-electron chi connectivity index (χ4n) is 1.76. The predicted octanol–water partition coefficient (Wildman–Crippen LogP) is 2.07. The Hall–Kier alpha value is -2.90. The highest BCUT2D eigenvalue weighted by Gasteiger charge is 2.25. The molecule has 0 saturated carbocycles. The summed E-state index contributed by atoms with van der Waals surface area (Å²) in [5.41, 5.74) is -0.0680. The summed E-state index contributed by atoms with van der Waals surface area (Å²) in [4.78, 5) is 22.5. The molecule has 0 aliphatic carbocycles. The first kappa shape index (κ1) is 14.5. The highest BCUT2D eigenvalue weighted by molar-refractivity contribution is 6.05. The van der Waals surface area contributed by atoms with Crippen LogP contribution in [0.5, 0.6) is 5.75 Å². The van der Waals surface area contributed by atoms with Crippen molar-refractivity contribution >= 4 is 17.3 Å². The average molecular weight is 290 g/mol. The van der Waals surface area contributed by atoms with Gasteiger partial charge in [0.05, 0.1) is 12.0 Å². The Bertz CT molecular complexity index is 681. The van der Waals surface area contributed by atoms with Crippen molar-refractivity contribution in [1.82, 2.24) is 9.78 Å². The molecule has 1 amide bonds. The number of rotatable bonds is 5. The van der Waals surface area contributed by atoms with Crippen LogP contribution in [0, 0.1) is 10.1 Å². The fraction of sp³-hybridized carbons (Fsp3) is 0.231. The zero-order valence-electron chi connectivity index (χ0n) is 11.6. The van der Waals surface area contributed by atoms with Gasteiger partial charge < -0.3 is 10.1 Å². The summed E-state index contributed by atoms with van der Waals surface area (Å²) in [7, 11) is 1.51. The number of carbonyl (C=O) groups excluding carboxylic acids is 1. The molecule has 1 N–H and O–H groups in total. The molecule has 2 rings (SSSR count). The van der Waals surface area contributed by atoms with Gasteiger partial charge in [-0.2, -0.15) is 5.10 Å². The number of amides is 1. The number of nitrogens with one attached hydrogen (secondary N) is 1. The molecule has 0 aliphatic heterocycles. The van der Waals surface area contributed by atoms with Crippen LogP contribution < -0.4 is 10.1 Å². The summed E-state index contributed by atoms with van der Waals surface area (Å²) in [6.07, 6.45) is 1.24. The van der Waals surface area contributed by atoms with Gasteiger partial charge in [0.2, 0.25) is 5.69 Å². The summed E-state index contributed by atoms with van der Waals surface area (Å²) in [6.45, 7) is 2.22. The van der Waals surface area contributed by atoms with E-state index < -0.39 is 10.8 Å². The van der Waals surface area contributed by atoms with Crippen molar-refractivity contribution in [1.29, 1.82) is 0 Å². The average Bonchev–Trinajstić information content (AvgIpc) is 2.92. The highest BCUT2D eigenvalue weighted by Crippen LogP contribution is 2.20. The molecule has 1 aromatic heterocycles. The number of benzene rings is 1. The number of aromatic nitrogens is 2. The van der Waals surface area contributed by atoms with Gasteiger partial charge in [0, 0.05) is 18.3 Å². The van der Waals surface area contributed by atoms with E-state index >= 15 is 0 Å². The standard InChI is InChI=1S/C13H14N4O4/c1-3-16-8-11(17(19)20)12(15-16)13(18)14-9-5-4-6-10(7-9)21-2/h4-8H,3H2,1-2H3,(H,14,18). The minimum Gasteiger partial charge on any atom is -0.497 e. The number of hydrogen-bond donors (Lipinski definition) is 1. The number of hydrogen-bond acceptors (Lipinski definition) is 5. The van der Waals surface area contributed by atoms with Crippen molar-refractivity contribution in [2.24, 2.45) is 0 Å². The number of methoxy groups -OCH3 is 1. The zero-order chi connectivity index (χ0) is 15.4. The van der Waals surface area contributed by atoms with Crippen LogP contribution in [0.3, 0.4) is 0 Å². The lowest BCUT2D eigenvalue weighted by Gasteiger charge is -2.05. The lowest BCUT2D eigenvalue weighted by molar-refractivity contribution is -0.385. The van der Waals surface area contributed by atoms with Gasteiger partial charge in [-0.25, -0.2) is 0 Å². The van der Waals surface area contributed by atoms with Crippen LogP contribution in [0.4, 0.5) is 11.4 Å². The smallest absolute Gasteiger partial charge is 0.320 e. The largest absolute Gasteiger partial charge is 0.497 e. The molecule has 8 heteroatoms. The van der Waals surface area contributed by atoms with E-state index in [0.29, 0.717) is 18.0 Å². The van der Waals surface area contributed by atoms with Gasteiger partial charge in [-0.1, -0.05) is 6.07 Å². The molecule has 0 aliphatic rings. The summed E-state index contributed by atoms with van der Waals surface area (Å²) >= 11 is 0. The Labute approximate surface area is 120 Å². The minimum absolute atomic E-state index is 0.218. The number of anilines is 1. The summed E-state index contributed by atoms with van der Waals surface area (Å²) < 4.78 is 6.39. The van der Waals surface area contributed by atoms with Crippen molar-refractivity contribution in [2.45, 2.75) is 13.5 Å². The third kappa shape index (κ3) is 3.16. The summed E-state index contributed by atoms with van der Waals surface area (Å²) in [5, 5.41) is 17.4. The van der Waals surface area contributed by atoms with E-state index in [-0.39, 0.29) is 11.4 Å². The fourth-order valence-corrected chi connectivity index (χ4v) is 1.76. The molecule has 0 bridgehead atoms. The second kappa shape index (κ2) is 6.04. The van der Waals surface area contributed by atoms with Crippen LogP contribution >= 0.6 is 0 Å². The third-order valence-electron chi connectivity index (χ3n) is 2.81. The number of ether oxygens (including phenoxy) is 1. The molecule has 0 saturated heterocycles. The van der Waals surface area contributed by atoms with E-state index in [1.54, 1.807) is 31.2 Å². The molecule has 1 aromatic carbocycles. The lowest BCUT2D eigenvalue weighted by Crippen LogP contribution is -2.14. The molecule has 2 aromatic rings. The first-order valence-electron chi connectivity index (χ1n) is 6.22. The van der Waals surface area contributed by atoms with Gasteiger partial charge in [0.25, 0.3) is 5.91 Å². The Morgan fingerprint density at radius 2 is 2.29 bits per heavy atom.